The van der Waals surface area contributed by atoms with Crippen molar-refractivity contribution in [1.82, 2.24) is 10.3 Å². The molecule has 2 rings (SSSR count). The number of rotatable bonds is 6. The molecule has 0 bridgehead atoms. The van der Waals surface area contributed by atoms with Gasteiger partial charge >= 0.3 is 0 Å². The predicted molar refractivity (Wildman–Crippen MR) is 83.5 cm³/mol. The summed E-state index contributed by atoms with van der Waals surface area (Å²) in [5.41, 5.74) is 2.31. The van der Waals surface area contributed by atoms with Crippen molar-refractivity contribution in [2.45, 2.75) is 20.3 Å². The van der Waals surface area contributed by atoms with Crippen LogP contribution in [0.15, 0.2) is 35.7 Å². The van der Waals surface area contributed by atoms with Gasteiger partial charge < -0.3 is 5.32 Å². The van der Waals surface area contributed by atoms with E-state index >= 15 is 0 Å². The number of aromatic nitrogens is 1. The molecule has 0 amide bonds. The average Bonchev–Trinajstić information content (AvgIpc) is 2.88. The zero-order valence-electron chi connectivity index (χ0n) is 11.9. The smallest absolute Gasteiger partial charge is 0.0935 e. The van der Waals surface area contributed by atoms with Crippen molar-refractivity contribution in [1.29, 1.82) is 0 Å². The van der Waals surface area contributed by atoms with Gasteiger partial charge in [-0.15, -0.1) is 11.3 Å². The Morgan fingerprint density at radius 2 is 1.89 bits per heavy atom. The van der Waals surface area contributed by atoms with Gasteiger partial charge in [0.05, 0.1) is 10.7 Å². The number of nitrogens with one attached hydrogen (secondary N) is 1. The van der Waals surface area contributed by atoms with Crippen molar-refractivity contribution in [3.8, 4) is 11.3 Å². The van der Waals surface area contributed by atoms with Crippen LogP contribution in [-0.4, -0.2) is 18.6 Å². The molecule has 1 aromatic heterocycles. The highest BCUT2D eigenvalue weighted by atomic mass is 32.1. The van der Waals surface area contributed by atoms with Crippen LogP contribution >= 0.6 is 11.3 Å². The fourth-order valence-electron chi connectivity index (χ4n) is 2.15. The molecule has 0 aliphatic heterocycles. The molecule has 0 aliphatic carbocycles. The van der Waals surface area contributed by atoms with E-state index in [1.807, 2.05) is 13.1 Å². The molecule has 3 heteroatoms. The zero-order chi connectivity index (χ0) is 13.7. The summed E-state index contributed by atoms with van der Waals surface area (Å²) >= 11 is 1.78. The Hall–Kier alpha value is -1.19. The van der Waals surface area contributed by atoms with Gasteiger partial charge in [-0.2, -0.15) is 0 Å². The third kappa shape index (κ3) is 3.88. The Balaban J connectivity index is 2.02. The minimum Gasteiger partial charge on any atom is -0.319 e. The Bertz CT molecular complexity index is 492. The summed E-state index contributed by atoms with van der Waals surface area (Å²) < 4.78 is 0. The van der Waals surface area contributed by atoms with Crippen molar-refractivity contribution in [2.24, 2.45) is 11.8 Å². The van der Waals surface area contributed by atoms with Crippen molar-refractivity contribution < 1.29 is 0 Å². The van der Waals surface area contributed by atoms with Gasteiger partial charge in [0.25, 0.3) is 0 Å². The summed E-state index contributed by atoms with van der Waals surface area (Å²) in [5.74, 6) is 1.33. The number of benzene rings is 1. The van der Waals surface area contributed by atoms with Crippen LogP contribution in [0.3, 0.4) is 0 Å². The summed E-state index contributed by atoms with van der Waals surface area (Å²) in [6.07, 6.45) is 1.07. The standard InChI is InChI=1S/C16H22N2S/c1-12(13(2)10-17-3)9-16-18-15(11-19-16)14-7-5-4-6-8-14/h4-8,11-13,17H,9-10H2,1-3H3. The minimum absolute atomic E-state index is 0.655. The molecule has 1 aromatic carbocycles. The van der Waals surface area contributed by atoms with Crippen LogP contribution in [0.2, 0.25) is 0 Å². The molecule has 2 atom stereocenters. The second-order valence-electron chi connectivity index (χ2n) is 5.21. The first kappa shape index (κ1) is 14.2. The molecular formula is C16H22N2S. The largest absolute Gasteiger partial charge is 0.319 e. The van der Waals surface area contributed by atoms with Gasteiger partial charge in [-0.05, 0) is 25.4 Å². The molecule has 2 nitrogen and oxygen atoms in total. The first-order chi connectivity index (χ1) is 9.20. The van der Waals surface area contributed by atoms with E-state index < -0.39 is 0 Å². The van der Waals surface area contributed by atoms with Crippen molar-refractivity contribution in [3.63, 3.8) is 0 Å². The van der Waals surface area contributed by atoms with Gasteiger partial charge in [0, 0.05) is 17.4 Å². The Morgan fingerprint density at radius 1 is 1.16 bits per heavy atom. The van der Waals surface area contributed by atoms with Gasteiger partial charge in [0.15, 0.2) is 0 Å². The van der Waals surface area contributed by atoms with E-state index in [1.165, 1.54) is 10.6 Å². The van der Waals surface area contributed by atoms with Crippen molar-refractivity contribution >= 4 is 11.3 Å². The number of nitrogens with zero attached hydrogens (tertiary/aromatic N) is 1. The van der Waals surface area contributed by atoms with Crippen molar-refractivity contribution in [2.75, 3.05) is 13.6 Å². The quantitative estimate of drug-likeness (QED) is 0.865. The molecule has 19 heavy (non-hydrogen) atoms. The van der Waals surface area contributed by atoms with Gasteiger partial charge in [0.1, 0.15) is 0 Å². The summed E-state index contributed by atoms with van der Waals surface area (Å²) in [7, 11) is 2.01. The summed E-state index contributed by atoms with van der Waals surface area (Å²) in [6, 6.07) is 10.4. The van der Waals surface area contributed by atoms with E-state index in [0.717, 1.165) is 18.7 Å². The van der Waals surface area contributed by atoms with E-state index in [1.54, 1.807) is 11.3 Å². The summed E-state index contributed by atoms with van der Waals surface area (Å²) in [4.78, 5) is 4.76. The van der Waals surface area contributed by atoms with Gasteiger partial charge in [-0.3, -0.25) is 0 Å². The molecule has 102 valence electrons. The molecule has 2 aromatic rings. The molecule has 0 radical (unpaired) electrons. The van der Waals surface area contributed by atoms with Crippen LogP contribution in [0.4, 0.5) is 0 Å². The lowest BCUT2D eigenvalue weighted by Crippen LogP contribution is -2.23. The molecule has 0 fully saturated rings. The lowest BCUT2D eigenvalue weighted by Gasteiger charge is -2.18. The second kappa shape index (κ2) is 6.83. The van der Waals surface area contributed by atoms with Gasteiger partial charge in [0.2, 0.25) is 0 Å². The molecular weight excluding hydrogens is 252 g/mol. The summed E-state index contributed by atoms with van der Waals surface area (Å²) in [5, 5.41) is 6.66. The zero-order valence-corrected chi connectivity index (χ0v) is 12.7. The first-order valence-corrected chi connectivity index (χ1v) is 7.73. The van der Waals surface area contributed by atoms with E-state index in [0.29, 0.717) is 11.8 Å². The highest BCUT2D eigenvalue weighted by Gasteiger charge is 2.14. The van der Waals surface area contributed by atoms with Crippen LogP contribution in [0, 0.1) is 11.8 Å². The third-order valence-corrected chi connectivity index (χ3v) is 4.49. The number of hydrogen-bond acceptors (Lipinski definition) is 3. The molecule has 0 saturated heterocycles. The van der Waals surface area contributed by atoms with Gasteiger partial charge in [-0.1, -0.05) is 44.2 Å². The van der Waals surface area contributed by atoms with E-state index in [9.17, 15) is 0 Å². The van der Waals surface area contributed by atoms with E-state index in [-0.39, 0.29) is 0 Å². The lowest BCUT2D eigenvalue weighted by atomic mass is 9.93. The average molecular weight is 274 g/mol. The second-order valence-corrected chi connectivity index (χ2v) is 6.15. The topological polar surface area (TPSA) is 24.9 Å². The molecule has 0 aliphatic rings. The normalized spacial score (nSPS) is 14.3. The molecule has 1 N–H and O–H groups in total. The minimum atomic E-state index is 0.655. The third-order valence-electron chi connectivity index (χ3n) is 3.62. The Labute approximate surface area is 119 Å². The Kier molecular flexibility index (Phi) is 5.11. The van der Waals surface area contributed by atoms with E-state index in [2.05, 4.69) is 48.8 Å². The molecule has 2 unspecified atom stereocenters. The van der Waals surface area contributed by atoms with Crippen LogP contribution in [0.25, 0.3) is 11.3 Å². The van der Waals surface area contributed by atoms with Crippen LogP contribution in [-0.2, 0) is 6.42 Å². The SMILES string of the molecule is CNCC(C)C(C)Cc1nc(-c2ccccc2)cs1. The molecule has 0 saturated carbocycles. The fourth-order valence-corrected chi connectivity index (χ4v) is 3.09. The van der Waals surface area contributed by atoms with Crippen LogP contribution < -0.4 is 5.32 Å². The van der Waals surface area contributed by atoms with Crippen LogP contribution in [0.1, 0.15) is 18.9 Å². The molecule has 1 heterocycles. The van der Waals surface area contributed by atoms with E-state index in [4.69, 9.17) is 4.98 Å². The number of hydrogen-bond donors (Lipinski definition) is 1. The fraction of sp³-hybridized carbons (Fsp3) is 0.438. The Morgan fingerprint density at radius 3 is 2.58 bits per heavy atom. The lowest BCUT2D eigenvalue weighted by molar-refractivity contribution is 0.374. The maximum Gasteiger partial charge on any atom is 0.0935 e. The molecule has 0 spiro atoms. The summed E-state index contributed by atoms with van der Waals surface area (Å²) in [6.45, 7) is 5.68. The highest BCUT2D eigenvalue weighted by Crippen LogP contribution is 2.24. The maximum absolute atomic E-state index is 4.76. The van der Waals surface area contributed by atoms with Gasteiger partial charge in [-0.25, -0.2) is 4.98 Å². The monoisotopic (exact) mass is 274 g/mol. The maximum atomic E-state index is 4.76. The van der Waals surface area contributed by atoms with Crippen molar-refractivity contribution in [3.05, 3.63) is 40.7 Å². The number of thiazole rings is 1. The predicted octanol–water partition coefficient (Wildman–Crippen LogP) is 3.84. The van der Waals surface area contributed by atoms with Crippen LogP contribution in [0.5, 0.6) is 0 Å². The first-order valence-electron chi connectivity index (χ1n) is 6.85. The highest BCUT2D eigenvalue weighted by molar-refractivity contribution is 7.09.